The predicted octanol–water partition coefficient (Wildman–Crippen LogP) is 0.690. The highest BCUT2D eigenvalue weighted by atomic mass is 35.5. The predicted molar refractivity (Wildman–Crippen MR) is 31.3 cm³/mol. The summed E-state index contributed by atoms with van der Waals surface area (Å²) in [6.07, 6.45) is -0.724. The molecule has 1 fully saturated rings. The topological polar surface area (TPSA) is 38.8 Å². The molecule has 1 aliphatic heterocycles. The lowest BCUT2D eigenvalue weighted by molar-refractivity contribution is -0.112. The van der Waals surface area contributed by atoms with E-state index in [1.54, 1.807) is 0 Å². The van der Waals surface area contributed by atoms with Gasteiger partial charge in [0, 0.05) is 0 Å². The van der Waals surface area contributed by atoms with Crippen LogP contribution in [0.4, 0.5) is 0 Å². The molecule has 1 heterocycles. The molecule has 52 valence electrons. The molecule has 0 bridgehead atoms. The van der Waals surface area contributed by atoms with E-state index < -0.39 is 11.3 Å². The van der Waals surface area contributed by atoms with Crippen molar-refractivity contribution in [2.75, 3.05) is 6.61 Å². The summed E-state index contributed by atoms with van der Waals surface area (Å²) in [6, 6.07) is 0. The molecule has 0 unspecified atom stereocenters. The number of epoxide rings is 1. The van der Waals surface area contributed by atoms with Crippen LogP contribution in [0.2, 0.25) is 0 Å². The van der Waals surface area contributed by atoms with Crippen molar-refractivity contribution < 1.29 is 13.8 Å². The van der Waals surface area contributed by atoms with Gasteiger partial charge < -0.3 is 4.74 Å². The minimum atomic E-state index is -0.495. The minimum absolute atomic E-state index is 0.213. The largest absolute Gasteiger partial charge is 0.357 e. The summed E-state index contributed by atoms with van der Waals surface area (Å²) in [6.45, 7) is 0.213. The molecule has 0 aromatic heterocycles. The van der Waals surface area contributed by atoms with Gasteiger partial charge >= 0.3 is 0 Å². The van der Waals surface area contributed by atoms with Crippen molar-refractivity contribution in [2.45, 2.75) is 12.2 Å². The van der Waals surface area contributed by atoms with Crippen LogP contribution in [-0.4, -0.2) is 24.1 Å². The maximum atomic E-state index is 10.2. The Morgan fingerprint density at radius 2 is 2.44 bits per heavy atom. The Kier molecular flexibility index (Phi) is 2.29. The molecule has 0 N–H and O–H groups in total. The summed E-state index contributed by atoms with van der Waals surface area (Å²) >= 11 is 9.92. The van der Waals surface area contributed by atoms with E-state index in [4.69, 9.17) is 28.2 Å². The summed E-state index contributed by atoms with van der Waals surface area (Å²) in [5.74, 6) is 0. The van der Waals surface area contributed by atoms with Crippen molar-refractivity contribution in [3.63, 3.8) is 0 Å². The molecule has 0 aromatic carbocycles. The van der Waals surface area contributed by atoms with Gasteiger partial charge in [0.25, 0.3) is 5.24 Å². The Bertz CT molecular complexity index is 127. The Morgan fingerprint density at radius 3 is 2.78 bits per heavy atom. The van der Waals surface area contributed by atoms with Crippen LogP contribution in [0.15, 0.2) is 0 Å². The summed E-state index contributed by atoms with van der Waals surface area (Å²) < 4.78 is 8.91. The molecular weight excluding hydrogens is 167 g/mol. The summed E-state index contributed by atoms with van der Waals surface area (Å²) in [5, 5.41) is -0.492. The molecule has 2 atom stereocenters. The lowest BCUT2D eigenvalue weighted by Gasteiger charge is -1.83. The van der Waals surface area contributed by atoms with Crippen LogP contribution in [0, 0.1) is 0 Å². The molecule has 0 spiro atoms. The van der Waals surface area contributed by atoms with E-state index >= 15 is 0 Å². The maximum Gasteiger partial charge on any atom is 0.253 e. The first-order valence-electron chi connectivity index (χ1n) is 2.34. The molecule has 0 radical (unpaired) electrons. The Labute approximate surface area is 62.0 Å². The van der Waals surface area contributed by atoms with Crippen molar-refractivity contribution in [1.29, 1.82) is 0 Å². The van der Waals surface area contributed by atoms with Gasteiger partial charge in [-0.05, 0) is 11.6 Å². The molecule has 0 amide bonds. The highest BCUT2D eigenvalue weighted by molar-refractivity contribution is 6.65. The monoisotopic (exact) mass is 170 g/mol. The molecule has 9 heavy (non-hydrogen) atoms. The molecule has 1 saturated heterocycles. The van der Waals surface area contributed by atoms with E-state index in [0.717, 1.165) is 0 Å². The number of carbonyl (C=O) groups is 1. The van der Waals surface area contributed by atoms with Crippen molar-refractivity contribution in [3.05, 3.63) is 0 Å². The van der Waals surface area contributed by atoms with E-state index in [2.05, 4.69) is 4.29 Å². The zero-order valence-corrected chi connectivity index (χ0v) is 5.85. The van der Waals surface area contributed by atoms with E-state index in [9.17, 15) is 4.79 Å². The smallest absolute Gasteiger partial charge is 0.253 e. The Hall–Kier alpha value is 0.170. The molecule has 1 rings (SSSR count). The first kappa shape index (κ1) is 7.28. The van der Waals surface area contributed by atoms with Gasteiger partial charge in [0.2, 0.25) is 0 Å². The minimum Gasteiger partial charge on any atom is -0.357 e. The van der Waals surface area contributed by atoms with E-state index in [-0.39, 0.29) is 12.7 Å². The second-order valence-corrected chi connectivity index (χ2v) is 2.27. The molecule has 3 nitrogen and oxygen atoms in total. The highest BCUT2D eigenvalue weighted by Gasteiger charge is 2.44. The molecule has 0 aliphatic carbocycles. The van der Waals surface area contributed by atoms with Gasteiger partial charge in [-0.1, -0.05) is 0 Å². The van der Waals surface area contributed by atoms with Crippen LogP contribution >= 0.6 is 23.5 Å². The fraction of sp³-hybridized carbons (Fsp3) is 0.750. The Morgan fingerprint density at radius 1 is 1.78 bits per heavy atom. The average Bonchev–Trinajstić information content (AvgIpc) is 2.47. The first-order valence-corrected chi connectivity index (χ1v) is 3.02. The maximum absolute atomic E-state index is 10.2. The van der Waals surface area contributed by atoms with Gasteiger partial charge in [0.1, 0.15) is 6.10 Å². The second kappa shape index (κ2) is 2.84. The molecule has 5 heteroatoms. The van der Waals surface area contributed by atoms with Crippen molar-refractivity contribution in [1.82, 2.24) is 0 Å². The van der Waals surface area contributed by atoms with Gasteiger partial charge in [0.05, 0.1) is 18.5 Å². The quantitative estimate of drug-likeness (QED) is 0.463. The van der Waals surface area contributed by atoms with Gasteiger partial charge in [0.15, 0.2) is 6.10 Å². The lowest BCUT2D eigenvalue weighted by atomic mass is 10.3. The molecular formula is C4H4Cl2O3. The van der Waals surface area contributed by atoms with Crippen molar-refractivity contribution in [2.24, 2.45) is 0 Å². The van der Waals surface area contributed by atoms with Crippen LogP contribution in [0.5, 0.6) is 0 Å². The number of carbonyl (C=O) groups excluding carboxylic acids is 1. The molecule has 0 aromatic rings. The first-order chi connectivity index (χ1) is 4.25. The van der Waals surface area contributed by atoms with Crippen LogP contribution in [-0.2, 0) is 13.8 Å². The second-order valence-electron chi connectivity index (χ2n) is 1.68. The number of hydrogen-bond acceptors (Lipinski definition) is 3. The zero-order valence-electron chi connectivity index (χ0n) is 4.34. The van der Waals surface area contributed by atoms with Gasteiger partial charge in [-0.25, -0.2) is 0 Å². The number of rotatable bonds is 3. The lowest BCUT2D eigenvalue weighted by Crippen LogP contribution is -2.05. The number of halogens is 2. The summed E-state index contributed by atoms with van der Waals surface area (Å²) in [5.41, 5.74) is 0. The van der Waals surface area contributed by atoms with Crippen LogP contribution in [0.3, 0.4) is 0 Å². The van der Waals surface area contributed by atoms with Crippen molar-refractivity contribution >= 4 is 28.7 Å². The van der Waals surface area contributed by atoms with Gasteiger partial charge in [-0.15, -0.1) is 0 Å². The standard InChI is InChI=1S/C4H4Cl2O3/c5-4(7)3-2(9-3)1-8-6/h2-3H,1H2/t2-,3-/m1/s1. The van der Waals surface area contributed by atoms with E-state index in [0.29, 0.717) is 0 Å². The molecule has 1 aliphatic rings. The van der Waals surface area contributed by atoms with Gasteiger partial charge in [-0.2, -0.15) is 0 Å². The van der Waals surface area contributed by atoms with Crippen LogP contribution < -0.4 is 0 Å². The zero-order chi connectivity index (χ0) is 6.85. The summed E-state index contributed by atoms with van der Waals surface area (Å²) in [4.78, 5) is 10.2. The van der Waals surface area contributed by atoms with E-state index in [1.165, 1.54) is 0 Å². The highest BCUT2D eigenvalue weighted by Crippen LogP contribution is 2.24. The number of hydrogen-bond donors (Lipinski definition) is 0. The van der Waals surface area contributed by atoms with Crippen LogP contribution in [0.25, 0.3) is 0 Å². The van der Waals surface area contributed by atoms with E-state index in [1.807, 2.05) is 0 Å². The third-order valence-corrected chi connectivity index (χ3v) is 1.37. The fourth-order valence-corrected chi connectivity index (χ4v) is 0.847. The Balaban J connectivity index is 2.17. The van der Waals surface area contributed by atoms with Crippen LogP contribution in [0.1, 0.15) is 0 Å². The number of ether oxygens (including phenoxy) is 1. The average molecular weight is 171 g/mol. The normalized spacial score (nSPS) is 32.2. The third kappa shape index (κ3) is 1.79. The fourth-order valence-electron chi connectivity index (χ4n) is 0.531. The molecule has 0 saturated carbocycles. The van der Waals surface area contributed by atoms with Crippen molar-refractivity contribution in [3.8, 4) is 0 Å². The third-order valence-electron chi connectivity index (χ3n) is 1.03. The van der Waals surface area contributed by atoms with Gasteiger partial charge in [-0.3, -0.25) is 9.08 Å². The SMILES string of the molecule is O=C(Cl)[C@@H]1O[C@@H]1COCl. The summed E-state index contributed by atoms with van der Waals surface area (Å²) in [7, 11) is 0.